The predicted octanol–water partition coefficient (Wildman–Crippen LogP) is 3.86. The van der Waals surface area contributed by atoms with Crippen LogP contribution in [0.5, 0.6) is 0 Å². The Kier molecular flexibility index (Phi) is 10.3. The first kappa shape index (κ1) is 28.9. The van der Waals surface area contributed by atoms with E-state index in [1.807, 2.05) is 0 Å². The summed E-state index contributed by atoms with van der Waals surface area (Å²) in [5.74, 6) is 1.88. The molecule has 37 heavy (non-hydrogen) atoms. The van der Waals surface area contributed by atoms with Crippen molar-refractivity contribution < 1.29 is 13.2 Å². The lowest BCUT2D eigenvalue weighted by Gasteiger charge is -2.18. The number of benzene rings is 1. The van der Waals surface area contributed by atoms with Crippen LogP contribution in [0.3, 0.4) is 0 Å². The summed E-state index contributed by atoms with van der Waals surface area (Å²) in [7, 11) is -3.56. The second-order valence-electron chi connectivity index (χ2n) is 8.95. The van der Waals surface area contributed by atoms with Gasteiger partial charge in [-0.25, -0.2) is 23.1 Å². The Labute approximate surface area is 223 Å². The van der Waals surface area contributed by atoms with Gasteiger partial charge in [0.2, 0.25) is 10.0 Å². The minimum Gasteiger partial charge on any atom is -0.369 e. The lowest BCUT2D eigenvalue weighted by Crippen LogP contribution is -2.31. The molecule has 0 saturated heterocycles. The number of rotatable bonds is 14. The molecule has 0 aliphatic carbocycles. The number of carbonyl (C=O) groups excluding carboxylic acids is 1. The molecular weight excluding hydrogens is 510 g/mol. The molecule has 0 spiro atoms. The van der Waals surface area contributed by atoms with Gasteiger partial charge in [0.25, 0.3) is 5.91 Å². The number of fused-ring (bicyclic) bond motifs is 1. The molecule has 0 fully saturated rings. The van der Waals surface area contributed by atoms with Gasteiger partial charge in [-0.15, -0.1) is 0 Å². The summed E-state index contributed by atoms with van der Waals surface area (Å²) in [5, 5.41) is 12.3. The molecule has 0 saturated carbocycles. The second-order valence-corrected chi connectivity index (χ2v) is 12.0. The van der Waals surface area contributed by atoms with Gasteiger partial charge in [0, 0.05) is 37.5 Å². The van der Waals surface area contributed by atoms with Crippen LogP contribution in [-0.4, -0.2) is 70.3 Å². The maximum absolute atomic E-state index is 12.7. The fourth-order valence-corrected chi connectivity index (χ4v) is 5.81. The summed E-state index contributed by atoms with van der Waals surface area (Å²) in [4.78, 5) is 22.3. The number of hydrogen-bond donors (Lipinski definition) is 2. The molecular formula is C25H37N7O3S2. The predicted molar refractivity (Wildman–Crippen MR) is 149 cm³/mol. The van der Waals surface area contributed by atoms with E-state index in [0.29, 0.717) is 42.8 Å². The first-order valence-electron chi connectivity index (χ1n) is 12.7. The normalized spacial score (nSPS) is 12.0. The number of nitrogens with zero attached hydrogens (tertiary/aromatic N) is 5. The largest absolute Gasteiger partial charge is 0.369 e. The molecule has 2 N–H and O–H groups in total. The molecule has 202 valence electrons. The number of hydrogen-bond acceptors (Lipinski definition) is 8. The molecule has 2 aromatic heterocycles. The second kappa shape index (κ2) is 13.2. The van der Waals surface area contributed by atoms with Crippen molar-refractivity contribution in [2.45, 2.75) is 57.6 Å². The van der Waals surface area contributed by atoms with Gasteiger partial charge in [0.15, 0.2) is 10.8 Å². The SMILES string of the molecule is CCCSc1nc(NCC(C)C)c2cnn(CCNC(=O)c3ccc(S(=O)(=O)N(CC)CC)cc3)c2n1. The summed E-state index contributed by atoms with van der Waals surface area (Å²) >= 11 is 1.61. The summed E-state index contributed by atoms with van der Waals surface area (Å²) in [6.07, 6.45) is 2.78. The van der Waals surface area contributed by atoms with Crippen LogP contribution < -0.4 is 10.6 Å². The van der Waals surface area contributed by atoms with Gasteiger partial charge in [0.05, 0.1) is 23.0 Å². The molecule has 0 atom stereocenters. The Morgan fingerprint density at radius 3 is 2.43 bits per heavy atom. The van der Waals surface area contributed by atoms with Crippen molar-refractivity contribution in [2.24, 2.45) is 5.92 Å². The van der Waals surface area contributed by atoms with E-state index < -0.39 is 10.0 Å². The van der Waals surface area contributed by atoms with E-state index in [4.69, 9.17) is 4.98 Å². The fraction of sp³-hybridized carbons (Fsp3) is 0.520. The minimum absolute atomic E-state index is 0.175. The third-order valence-corrected chi connectivity index (χ3v) is 8.77. The Hall–Kier alpha value is -2.70. The molecule has 0 aliphatic rings. The summed E-state index contributed by atoms with van der Waals surface area (Å²) < 4.78 is 28.5. The summed E-state index contributed by atoms with van der Waals surface area (Å²) in [6, 6.07) is 6.02. The molecule has 0 radical (unpaired) electrons. The number of aromatic nitrogens is 4. The third kappa shape index (κ3) is 7.20. The van der Waals surface area contributed by atoms with Gasteiger partial charge in [-0.3, -0.25) is 4.79 Å². The zero-order valence-electron chi connectivity index (χ0n) is 22.2. The van der Waals surface area contributed by atoms with E-state index in [1.54, 1.807) is 36.5 Å². The number of thioether (sulfide) groups is 1. The highest BCUT2D eigenvalue weighted by atomic mass is 32.2. The van der Waals surface area contributed by atoms with Crippen molar-refractivity contribution >= 4 is 44.5 Å². The zero-order chi connectivity index (χ0) is 27.0. The van der Waals surface area contributed by atoms with Gasteiger partial charge in [-0.2, -0.15) is 9.40 Å². The van der Waals surface area contributed by atoms with Crippen LogP contribution in [0.25, 0.3) is 11.0 Å². The minimum atomic E-state index is -3.56. The van der Waals surface area contributed by atoms with Crippen molar-refractivity contribution in [3.8, 4) is 0 Å². The Bertz CT molecular complexity index is 1290. The molecule has 1 amide bonds. The summed E-state index contributed by atoms with van der Waals surface area (Å²) in [5.41, 5.74) is 1.12. The quantitative estimate of drug-likeness (QED) is 0.230. The average molecular weight is 548 g/mol. The standard InChI is InChI=1S/C25H37N7O3S2/c1-6-15-36-25-29-22(27-16-18(4)5)21-17-28-32(23(21)30-25)14-13-26-24(33)19-9-11-20(12-10-19)37(34,35)31(7-2)8-3/h9-12,17-18H,6-8,13-16H2,1-5H3,(H,26,33)(H,27,29,30). The van der Waals surface area contributed by atoms with E-state index in [2.05, 4.69) is 41.5 Å². The van der Waals surface area contributed by atoms with Crippen LogP contribution in [0, 0.1) is 5.92 Å². The van der Waals surface area contributed by atoms with E-state index in [-0.39, 0.29) is 10.8 Å². The number of nitrogens with one attached hydrogen (secondary N) is 2. The number of amides is 1. The van der Waals surface area contributed by atoms with Crippen LogP contribution >= 0.6 is 11.8 Å². The first-order chi connectivity index (χ1) is 17.7. The van der Waals surface area contributed by atoms with Gasteiger partial charge in [-0.05, 0) is 36.6 Å². The van der Waals surface area contributed by atoms with Crippen LogP contribution in [0.1, 0.15) is 51.4 Å². The molecule has 2 heterocycles. The molecule has 12 heteroatoms. The van der Waals surface area contributed by atoms with E-state index in [9.17, 15) is 13.2 Å². The van der Waals surface area contributed by atoms with E-state index in [1.165, 1.54) is 28.6 Å². The maximum Gasteiger partial charge on any atom is 0.251 e. The molecule has 1 aromatic carbocycles. The Balaban J connectivity index is 1.69. The fourth-order valence-electron chi connectivity index (χ4n) is 3.66. The maximum atomic E-state index is 12.7. The molecule has 0 unspecified atom stereocenters. The van der Waals surface area contributed by atoms with Gasteiger partial charge in [0.1, 0.15) is 5.82 Å². The highest BCUT2D eigenvalue weighted by molar-refractivity contribution is 7.99. The summed E-state index contributed by atoms with van der Waals surface area (Å²) in [6.45, 7) is 12.3. The number of carbonyl (C=O) groups is 1. The highest BCUT2D eigenvalue weighted by Crippen LogP contribution is 2.25. The highest BCUT2D eigenvalue weighted by Gasteiger charge is 2.21. The zero-order valence-corrected chi connectivity index (χ0v) is 23.8. The Morgan fingerprint density at radius 2 is 1.81 bits per heavy atom. The molecule has 0 aliphatic heterocycles. The van der Waals surface area contributed by atoms with E-state index >= 15 is 0 Å². The smallest absolute Gasteiger partial charge is 0.251 e. The molecule has 0 bridgehead atoms. The van der Waals surface area contributed by atoms with Gasteiger partial charge < -0.3 is 10.6 Å². The topological polar surface area (TPSA) is 122 Å². The Morgan fingerprint density at radius 1 is 1.11 bits per heavy atom. The van der Waals surface area contributed by atoms with Crippen molar-refractivity contribution in [3.63, 3.8) is 0 Å². The van der Waals surface area contributed by atoms with Crippen LogP contribution in [0.2, 0.25) is 0 Å². The van der Waals surface area contributed by atoms with Crippen molar-refractivity contribution in [1.29, 1.82) is 0 Å². The molecule has 3 aromatic rings. The monoisotopic (exact) mass is 547 g/mol. The van der Waals surface area contributed by atoms with Crippen LogP contribution in [0.4, 0.5) is 5.82 Å². The van der Waals surface area contributed by atoms with E-state index in [0.717, 1.165) is 35.6 Å². The lowest BCUT2D eigenvalue weighted by molar-refractivity contribution is 0.0952. The number of anilines is 1. The van der Waals surface area contributed by atoms with Crippen LogP contribution in [0.15, 0.2) is 40.5 Å². The van der Waals surface area contributed by atoms with Crippen molar-refractivity contribution in [1.82, 2.24) is 29.4 Å². The van der Waals surface area contributed by atoms with Crippen LogP contribution in [-0.2, 0) is 16.6 Å². The lowest BCUT2D eigenvalue weighted by atomic mass is 10.2. The van der Waals surface area contributed by atoms with Gasteiger partial charge in [-0.1, -0.05) is 46.4 Å². The van der Waals surface area contributed by atoms with Gasteiger partial charge >= 0.3 is 0 Å². The third-order valence-electron chi connectivity index (χ3n) is 5.66. The van der Waals surface area contributed by atoms with Crippen molar-refractivity contribution in [3.05, 3.63) is 36.0 Å². The molecule has 10 nitrogen and oxygen atoms in total. The first-order valence-corrected chi connectivity index (χ1v) is 15.1. The number of sulfonamides is 1. The average Bonchev–Trinajstić information content (AvgIpc) is 3.29. The van der Waals surface area contributed by atoms with Crippen molar-refractivity contribution in [2.75, 3.05) is 37.2 Å². The molecule has 3 rings (SSSR count).